The molecule has 0 saturated carbocycles. The number of nitrogens with one attached hydrogen (secondary N) is 1. The topological polar surface area (TPSA) is 39.1 Å². The van der Waals surface area contributed by atoms with Crippen molar-refractivity contribution in [3.05, 3.63) is 29.9 Å². The monoisotopic (exact) mass is 291 g/mol. The lowest BCUT2D eigenvalue weighted by molar-refractivity contribution is -0.00543. The summed E-state index contributed by atoms with van der Waals surface area (Å²) in [7, 11) is 2.03. The third kappa shape index (κ3) is 4.97. The van der Waals surface area contributed by atoms with Crippen LogP contribution < -0.4 is 5.32 Å². The fraction of sp³-hybridized carbons (Fsp3) is 0.706. The third-order valence-corrected chi connectivity index (χ3v) is 4.14. The molecule has 0 amide bonds. The molecule has 1 aromatic heterocycles. The molecule has 118 valence electrons. The van der Waals surface area contributed by atoms with Gasteiger partial charge in [-0.1, -0.05) is 11.6 Å². The van der Waals surface area contributed by atoms with Gasteiger partial charge in [0.15, 0.2) is 0 Å². The maximum atomic E-state index is 5.92. The summed E-state index contributed by atoms with van der Waals surface area (Å²) in [5.74, 6) is 0. The van der Waals surface area contributed by atoms with E-state index in [0.29, 0.717) is 12.1 Å². The first-order valence-electron chi connectivity index (χ1n) is 8.03. The van der Waals surface area contributed by atoms with E-state index in [1.807, 2.05) is 19.6 Å². The molecule has 0 bridgehead atoms. The smallest absolute Gasteiger partial charge is 0.100 e. The van der Waals surface area contributed by atoms with Gasteiger partial charge in [-0.25, -0.2) is 4.98 Å². The Balaban J connectivity index is 1.81. The fourth-order valence-electron chi connectivity index (χ4n) is 2.94. The average Bonchev–Trinajstić information content (AvgIpc) is 2.85. The van der Waals surface area contributed by atoms with E-state index in [2.05, 4.69) is 41.7 Å². The minimum absolute atomic E-state index is 0.175. The Morgan fingerprint density at radius 1 is 1.57 bits per heavy atom. The average molecular weight is 291 g/mol. The molecule has 0 radical (unpaired) electrons. The van der Waals surface area contributed by atoms with Crippen molar-refractivity contribution in [1.82, 2.24) is 14.9 Å². The predicted molar refractivity (Wildman–Crippen MR) is 86.2 cm³/mol. The van der Waals surface area contributed by atoms with Gasteiger partial charge in [0.05, 0.1) is 18.2 Å². The molecule has 4 heteroatoms. The summed E-state index contributed by atoms with van der Waals surface area (Å²) in [6.45, 7) is 7.44. The maximum Gasteiger partial charge on any atom is 0.100 e. The number of aryl methyl sites for hydroxylation is 1. The molecule has 1 aliphatic heterocycles. The second-order valence-corrected chi connectivity index (χ2v) is 6.44. The minimum Gasteiger partial charge on any atom is -0.372 e. The van der Waals surface area contributed by atoms with Gasteiger partial charge in [0.25, 0.3) is 0 Å². The van der Waals surface area contributed by atoms with Crippen LogP contribution in [0.2, 0.25) is 0 Å². The zero-order valence-electron chi connectivity index (χ0n) is 13.8. The van der Waals surface area contributed by atoms with Gasteiger partial charge in [-0.2, -0.15) is 0 Å². The summed E-state index contributed by atoms with van der Waals surface area (Å²) >= 11 is 0. The van der Waals surface area contributed by atoms with Crippen molar-refractivity contribution in [2.45, 2.75) is 64.6 Å². The Labute approximate surface area is 128 Å². The highest BCUT2D eigenvalue weighted by Crippen LogP contribution is 2.27. The fourth-order valence-corrected chi connectivity index (χ4v) is 2.94. The number of nitrogens with zero attached hydrogens (tertiary/aromatic N) is 2. The maximum absolute atomic E-state index is 5.92. The lowest BCUT2D eigenvalue weighted by Crippen LogP contribution is -2.41. The minimum atomic E-state index is 0.175. The van der Waals surface area contributed by atoms with Gasteiger partial charge in [-0.15, -0.1) is 0 Å². The zero-order valence-corrected chi connectivity index (χ0v) is 13.8. The largest absolute Gasteiger partial charge is 0.372 e. The Bertz CT molecular complexity index is 462. The molecular formula is C17H29N3O. The first-order chi connectivity index (χ1) is 10.1. The van der Waals surface area contributed by atoms with E-state index in [0.717, 1.165) is 25.9 Å². The van der Waals surface area contributed by atoms with Crippen molar-refractivity contribution in [2.75, 3.05) is 6.61 Å². The van der Waals surface area contributed by atoms with E-state index < -0.39 is 0 Å². The van der Waals surface area contributed by atoms with Crippen molar-refractivity contribution < 1.29 is 4.74 Å². The molecule has 1 aromatic rings. The third-order valence-electron chi connectivity index (χ3n) is 4.14. The Morgan fingerprint density at radius 2 is 2.38 bits per heavy atom. The highest BCUT2D eigenvalue weighted by molar-refractivity contribution is 5.04. The van der Waals surface area contributed by atoms with Crippen LogP contribution in [0.15, 0.2) is 24.2 Å². The Hall–Kier alpha value is -1.13. The van der Waals surface area contributed by atoms with E-state index in [4.69, 9.17) is 4.74 Å². The normalized spacial score (nSPS) is 23.8. The molecule has 3 atom stereocenters. The molecule has 1 N–H and O–H groups in total. The van der Waals surface area contributed by atoms with Gasteiger partial charge < -0.3 is 14.6 Å². The number of hydrogen-bond donors (Lipinski definition) is 1. The van der Waals surface area contributed by atoms with Crippen molar-refractivity contribution in [3.8, 4) is 0 Å². The zero-order chi connectivity index (χ0) is 15.2. The van der Waals surface area contributed by atoms with Gasteiger partial charge >= 0.3 is 0 Å². The predicted octanol–water partition coefficient (Wildman–Crippen LogP) is 3.36. The number of allylic oxidation sites excluding steroid dienone is 2. The lowest BCUT2D eigenvalue weighted by atomic mass is 9.99. The lowest BCUT2D eigenvalue weighted by Gasteiger charge is -2.32. The summed E-state index contributed by atoms with van der Waals surface area (Å²) in [5.41, 5.74) is 2.59. The van der Waals surface area contributed by atoms with Crippen LogP contribution in [0.3, 0.4) is 0 Å². The van der Waals surface area contributed by atoms with Gasteiger partial charge in [0, 0.05) is 25.7 Å². The SMILES string of the molecule is CC(C)=CCC[C@H](C)N[C@H]1CCO[C@@H](c2cncn2C)C1. The van der Waals surface area contributed by atoms with Crippen molar-refractivity contribution >= 4 is 0 Å². The van der Waals surface area contributed by atoms with Crippen LogP contribution in [-0.2, 0) is 11.8 Å². The molecule has 4 nitrogen and oxygen atoms in total. The van der Waals surface area contributed by atoms with E-state index >= 15 is 0 Å². The van der Waals surface area contributed by atoms with E-state index in [-0.39, 0.29) is 6.10 Å². The number of ether oxygens (including phenoxy) is 1. The van der Waals surface area contributed by atoms with Crippen LogP contribution in [0, 0.1) is 0 Å². The summed E-state index contributed by atoms with van der Waals surface area (Å²) < 4.78 is 7.98. The molecule has 0 aliphatic carbocycles. The van der Waals surface area contributed by atoms with Crippen LogP contribution in [0.4, 0.5) is 0 Å². The quantitative estimate of drug-likeness (QED) is 0.817. The standard InChI is InChI=1S/C17H29N3O/c1-13(2)6-5-7-14(3)19-15-8-9-21-17(10-15)16-11-18-12-20(16)4/h6,11-12,14-15,17,19H,5,7-10H2,1-4H3/t14-,15-,17+/m0/s1. The first-order valence-corrected chi connectivity index (χ1v) is 8.03. The van der Waals surface area contributed by atoms with Gasteiger partial charge in [0.2, 0.25) is 0 Å². The van der Waals surface area contributed by atoms with E-state index in [1.54, 1.807) is 0 Å². The second-order valence-electron chi connectivity index (χ2n) is 6.44. The van der Waals surface area contributed by atoms with Crippen LogP contribution in [0.1, 0.15) is 58.3 Å². The Morgan fingerprint density at radius 3 is 3.05 bits per heavy atom. The van der Waals surface area contributed by atoms with Crippen LogP contribution >= 0.6 is 0 Å². The summed E-state index contributed by atoms with van der Waals surface area (Å²) in [5, 5.41) is 3.77. The van der Waals surface area contributed by atoms with Crippen molar-refractivity contribution in [2.24, 2.45) is 7.05 Å². The molecule has 1 aliphatic rings. The Kier molecular flexibility index (Phi) is 6.00. The number of hydrogen-bond acceptors (Lipinski definition) is 3. The van der Waals surface area contributed by atoms with Crippen molar-refractivity contribution in [3.63, 3.8) is 0 Å². The molecule has 0 unspecified atom stereocenters. The van der Waals surface area contributed by atoms with Gasteiger partial charge in [-0.3, -0.25) is 0 Å². The highest BCUT2D eigenvalue weighted by Gasteiger charge is 2.26. The molecule has 1 saturated heterocycles. The number of imidazole rings is 1. The van der Waals surface area contributed by atoms with Crippen LogP contribution in [-0.4, -0.2) is 28.2 Å². The molecule has 1 fully saturated rings. The van der Waals surface area contributed by atoms with Gasteiger partial charge in [0.1, 0.15) is 6.10 Å². The second kappa shape index (κ2) is 7.76. The summed E-state index contributed by atoms with van der Waals surface area (Å²) in [6.07, 6.45) is 10.7. The molecule has 21 heavy (non-hydrogen) atoms. The number of aromatic nitrogens is 2. The van der Waals surface area contributed by atoms with E-state index in [1.165, 1.54) is 17.7 Å². The summed E-state index contributed by atoms with van der Waals surface area (Å²) in [6, 6.07) is 1.09. The van der Waals surface area contributed by atoms with Crippen molar-refractivity contribution in [1.29, 1.82) is 0 Å². The molecule has 2 heterocycles. The molecule has 0 aromatic carbocycles. The molecular weight excluding hydrogens is 262 g/mol. The van der Waals surface area contributed by atoms with Crippen LogP contribution in [0.5, 0.6) is 0 Å². The first kappa shape index (κ1) is 16.2. The van der Waals surface area contributed by atoms with E-state index in [9.17, 15) is 0 Å². The van der Waals surface area contributed by atoms with Crippen LogP contribution in [0.25, 0.3) is 0 Å². The molecule has 0 spiro atoms. The summed E-state index contributed by atoms with van der Waals surface area (Å²) in [4.78, 5) is 4.20. The molecule has 2 rings (SSSR count). The van der Waals surface area contributed by atoms with Gasteiger partial charge in [-0.05, 0) is 46.5 Å². The number of rotatable bonds is 6. The highest BCUT2D eigenvalue weighted by atomic mass is 16.5.